The van der Waals surface area contributed by atoms with Gasteiger partial charge in [0.1, 0.15) is 0 Å². The third-order valence-electron chi connectivity index (χ3n) is 4.40. The Morgan fingerprint density at radius 1 is 1.00 bits per heavy atom. The fourth-order valence-electron chi connectivity index (χ4n) is 3.38. The van der Waals surface area contributed by atoms with E-state index in [-0.39, 0.29) is 36.4 Å². The predicted molar refractivity (Wildman–Crippen MR) is 72.3 cm³/mol. The molecule has 0 saturated carbocycles. The summed E-state index contributed by atoms with van der Waals surface area (Å²) < 4.78 is 5.55. The minimum atomic E-state index is -0.448. The highest BCUT2D eigenvalue weighted by atomic mass is 16.5. The van der Waals surface area contributed by atoms with Crippen LogP contribution in [0.15, 0.2) is 42.5 Å². The van der Waals surface area contributed by atoms with Gasteiger partial charge in [0, 0.05) is 5.56 Å². The highest BCUT2D eigenvalue weighted by molar-refractivity contribution is 6.10. The number of hydrogen-bond donors (Lipinski definition) is 0. The van der Waals surface area contributed by atoms with Crippen LogP contribution in [0.1, 0.15) is 10.4 Å². The van der Waals surface area contributed by atoms with Gasteiger partial charge in [-0.3, -0.25) is 19.3 Å². The summed E-state index contributed by atoms with van der Waals surface area (Å²) in [6.07, 6.45) is 3.04. The third kappa shape index (κ3) is 1.70. The summed E-state index contributed by atoms with van der Waals surface area (Å²) in [5.41, 5.74) is 0.507. The number of amides is 2. The molecule has 106 valence electrons. The van der Waals surface area contributed by atoms with Crippen molar-refractivity contribution in [1.82, 2.24) is 4.90 Å². The van der Waals surface area contributed by atoms with Crippen LogP contribution in [0.5, 0.6) is 0 Å². The minimum absolute atomic E-state index is 0.186. The van der Waals surface area contributed by atoms with Gasteiger partial charge in [0.25, 0.3) is 0 Å². The lowest BCUT2D eigenvalue weighted by Gasteiger charge is -2.16. The van der Waals surface area contributed by atoms with E-state index in [4.69, 9.17) is 4.74 Å². The van der Waals surface area contributed by atoms with E-state index >= 15 is 0 Å². The van der Waals surface area contributed by atoms with E-state index in [1.165, 1.54) is 0 Å². The Morgan fingerprint density at radius 2 is 1.57 bits per heavy atom. The molecule has 21 heavy (non-hydrogen) atoms. The van der Waals surface area contributed by atoms with Crippen molar-refractivity contribution in [2.45, 2.75) is 12.2 Å². The Labute approximate surface area is 121 Å². The van der Waals surface area contributed by atoms with Crippen molar-refractivity contribution in [1.29, 1.82) is 0 Å². The van der Waals surface area contributed by atoms with E-state index in [2.05, 4.69) is 0 Å². The molecule has 5 heteroatoms. The van der Waals surface area contributed by atoms with Crippen LogP contribution in [-0.2, 0) is 14.3 Å². The van der Waals surface area contributed by atoms with Crippen LogP contribution in [0.4, 0.5) is 0 Å². The van der Waals surface area contributed by atoms with Gasteiger partial charge in [-0.05, 0) is 0 Å². The van der Waals surface area contributed by atoms with Crippen LogP contribution in [-0.4, -0.2) is 41.3 Å². The van der Waals surface area contributed by atoms with Gasteiger partial charge >= 0.3 is 0 Å². The minimum Gasteiger partial charge on any atom is -0.365 e. The highest BCUT2D eigenvalue weighted by Crippen LogP contribution is 2.44. The standard InChI is InChI=1S/C16H13NO4/c18-10(9-4-2-1-3-5-9)8-17-15(19)13-11-6-7-12(21-11)14(13)16(17)20/h1-7,11-14H,8H2/t11-,12-,13+,14+/m1/s1. The first-order valence-corrected chi connectivity index (χ1v) is 6.94. The number of nitrogens with zero attached hydrogens (tertiary/aromatic N) is 1. The predicted octanol–water partition coefficient (Wildman–Crippen LogP) is 0.808. The summed E-state index contributed by atoms with van der Waals surface area (Å²) in [6, 6.07) is 8.69. The van der Waals surface area contributed by atoms with E-state index in [9.17, 15) is 14.4 Å². The van der Waals surface area contributed by atoms with Gasteiger partial charge in [-0.2, -0.15) is 0 Å². The van der Waals surface area contributed by atoms with Crippen LogP contribution in [0.2, 0.25) is 0 Å². The molecule has 2 amide bonds. The monoisotopic (exact) mass is 283 g/mol. The number of fused-ring (bicyclic) bond motifs is 5. The van der Waals surface area contributed by atoms with Crippen molar-refractivity contribution in [3.8, 4) is 0 Å². The number of ether oxygens (including phenoxy) is 1. The molecule has 0 unspecified atom stereocenters. The van der Waals surface area contributed by atoms with Crippen molar-refractivity contribution in [3.63, 3.8) is 0 Å². The highest BCUT2D eigenvalue weighted by Gasteiger charge is 2.60. The average molecular weight is 283 g/mol. The average Bonchev–Trinajstić information content (AvgIpc) is 3.18. The SMILES string of the molecule is O=C(CN1C(=O)[C@@H]2[C@@H](C1=O)[C@H]1C=C[C@H]2O1)c1ccccc1. The van der Waals surface area contributed by atoms with Gasteiger partial charge in [-0.1, -0.05) is 42.5 Å². The maximum Gasteiger partial charge on any atom is 0.236 e. The van der Waals surface area contributed by atoms with Crippen molar-refractivity contribution in [2.75, 3.05) is 6.54 Å². The van der Waals surface area contributed by atoms with Gasteiger partial charge in [0.05, 0.1) is 30.6 Å². The Morgan fingerprint density at radius 3 is 2.14 bits per heavy atom. The second kappa shape index (κ2) is 4.36. The van der Waals surface area contributed by atoms with E-state index in [1.807, 2.05) is 18.2 Å². The zero-order valence-electron chi connectivity index (χ0n) is 11.1. The number of imide groups is 1. The number of likely N-dealkylation sites (tertiary alicyclic amines) is 1. The molecule has 1 aromatic rings. The van der Waals surface area contributed by atoms with Gasteiger partial charge in [0.2, 0.25) is 11.8 Å². The van der Waals surface area contributed by atoms with Crippen LogP contribution in [0.25, 0.3) is 0 Å². The second-order valence-electron chi connectivity index (χ2n) is 5.55. The summed E-state index contributed by atoms with van der Waals surface area (Å²) in [5.74, 6) is -1.69. The Hall–Kier alpha value is -2.27. The third-order valence-corrected chi connectivity index (χ3v) is 4.40. The van der Waals surface area contributed by atoms with Gasteiger partial charge < -0.3 is 4.74 Å². The van der Waals surface area contributed by atoms with Crippen LogP contribution in [0.3, 0.4) is 0 Å². The number of carbonyl (C=O) groups excluding carboxylic acids is 3. The maximum atomic E-state index is 12.4. The lowest BCUT2D eigenvalue weighted by atomic mass is 9.85. The molecule has 0 N–H and O–H groups in total. The van der Waals surface area contributed by atoms with Crippen LogP contribution >= 0.6 is 0 Å². The van der Waals surface area contributed by atoms with Crippen LogP contribution < -0.4 is 0 Å². The molecule has 2 fully saturated rings. The number of rotatable bonds is 3. The lowest BCUT2D eigenvalue weighted by molar-refractivity contribution is -0.141. The summed E-state index contributed by atoms with van der Waals surface area (Å²) in [5, 5.41) is 0. The molecule has 0 aliphatic carbocycles. The molecule has 3 aliphatic rings. The molecule has 2 bridgehead atoms. The van der Waals surface area contributed by atoms with Crippen LogP contribution in [0, 0.1) is 11.8 Å². The summed E-state index contributed by atoms with van der Waals surface area (Å²) in [4.78, 5) is 38.1. The first-order chi connectivity index (χ1) is 10.2. The molecular weight excluding hydrogens is 270 g/mol. The number of carbonyl (C=O) groups is 3. The molecule has 4 rings (SSSR count). The normalized spacial score (nSPS) is 32.9. The van der Waals surface area contributed by atoms with E-state index in [0.717, 1.165) is 4.90 Å². The van der Waals surface area contributed by atoms with Crippen molar-refractivity contribution in [2.24, 2.45) is 11.8 Å². The van der Waals surface area contributed by atoms with Crippen molar-refractivity contribution in [3.05, 3.63) is 48.0 Å². The Balaban J connectivity index is 1.56. The van der Waals surface area contributed by atoms with Gasteiger partial charge in [-0.25, -0.2) is 0 Å². The number of benzene rings is 1. The molecular formula is C16H13NO4. The zero-order chi connectivity index (χ0) is 14.6. The largest absolute Gasteiger partial charge is 0.365 e. The van der Waals surface area contributed by atoms with E-state index < -0.39 is 11.8 Å². The molecule has 3 aliphatic heterocycles. The Kier molecular flexibility index (Phi) is 2.59. The Bertz CT molecular complexity index is 636. The first kappa shape index (κ1) is 12.5. The van der Waals surface area contributed by atoms with Gasteiger partial charge in [0.15, 0.2) is 5.78 Å². The van der Waals surface area contributed by atoms with E-state index in [1.54, 1.807) is 24.3 Å². The van der Waals surface area contributed by atoms with Crippen molar-refractivity contribution >= 4 is 17.6 Å². The molecule has 0 spiro atoms. The second-order valence-corrected chi connectivity index (χ2v) is 5.55. The molecule has 0 radical (unpaired) electrons. The summed E-state index contributed by atoms with van der Waals surface area (Å²) in [7, 11) is 0. The van der Waals surface area contributed by atoms with Gasteiger partial charge in [-0.15, -0.1) is 0 Å². The quantitative estimate of drug-likeness (QED) is 0.468. The summed E-state index contributed by atoms with van der Waals surface area (Å²) >= 11 is 0. The zero-order valence-corrected chi connectivity index (χ0v) is 11.1. The molecule has 5 nitrogen and oxygen atoms in total. The smallest absolute Gasteiger partial charge is 0.236 e. The first-order valence-electron chi connectivity index (χ1n) is 6.94. The van der Waals surface area contributed by atoms with Crippen molar-refractivity contribution < 1.29 is 19.1 Å². The number of Topliss-reactive ketones (excluding diaryl/α,β-unsaturated/α-hetero) is 1. The van der Waals surface area contributed by atoms with E-state index in [0.29, 0.717) is 5.56 Å². The number of hydrogen-bond acceptors (Lipinski definition) is 4. The molecule has 2 saturated heterocycles. The topological polar surface area (TPSA) is 63.7 Å². The molecule has 3 heterocycles. The summed E-state index contributed by atoms with van der Waals surface area (Å²) in [6.45, 7) is -0.186. The molecule has 1 aromatic carbocycles. The fraction of sp³-hybridized carbons (Fsp3) is 0.312. The molecule has 0 aromatic heterocycles. The number of ketones is 1. The fourth-order valence-corrected chi connectivity index (χ4v) is 3.38. The molecule has 4 atom stereocenters. The maximum absolute atomic E-state index is 12.4. The lowest BCUT2D eigenvalue weighted by Crippen LogP contribution is -2.38.